The summed E-state index contributed by atoms with van der Waals surface area (Å²) in [6.45, 7) is 2.38. The molecule has 0 saturated heterocycles. The van der Waals surface area contributed by atoms with Crippen molar-refractivity contribution >= 4 is 16.8 Å². The zero-order valence-corrected chi connectivity index (χ0v) is 11.8. The second kappa shape index (κ2) is 6.91. The first-order chi connectivity index (χ1) is 9.67. The Bertz CT molecular complexity index is 597. The van der Waals surface area contributed by atoms with Crippen molar-refractivity contribution < 1.29 is 9.94 Å². The highest BCUT2D eigenvalue weighted by Crippen LogP contribution is 2.12. The molecule has 0 aliphatic heterocycles. The van der Waals surface area contributed by atoms with Crippen LogP contribution in [0.4, 0.5) is 0 Å². The predicted octanol–water partition coefficient (Wildman–Crippen LogP) is 3.54. The molecule has 1 aromatic heterocycles. The van der Waals surface area contributed by atoms with Crippen LogP contribution in [0.1, 0.15) is 16.8 Å². The minimum atomic E-state index is 0.165. The summed E-state index contributed by atoms with van der Waals surface area (Å²) >= 11 is 5.66. The molecule has 1 N–H and O–H groups in total. The van der Waals surface area contributed by atoms with Crippen molar-refractivity contribution in [2.45, 2.75) is 20.0 Å². The molecule has 20 heavy (non-hydrogen) atoms. The maximum atomic E-state index is 8.51. The molecule has 2 aromatic rings. The van der Waals surface area contributed by atoms with Gasteiger partial charge in [-0.1, -0.05) is 47.1 Å². The van der Waals surface area contributed by atoms with Gasteiger partial charge >= 0.3 is 0 Å². The molecule has 104 valence electrons. The minimum Gasteiger partial charge on any atom is -0.473 e. The smallest absolute Gasteiger partial charge is 0.213 e. The number of ether oxygens (including phenoxy) is 1. The van der Waals surface area contributed by atoms with Crippen LogP contribution in [0.3, 0.4) is 0 Å². The molecule has 0 saturated carbocycles. The Balaban J connectivity index is 1.94. The van der Waals surface area contributed by atoms with E-state index in [9.17, 15) is 0 Å². The largest absolute Gasteiger partial charge is 0.473 e. The number of aryl methyl sites for hydroxylation is 1. The zero-order valence-electron chi connectivity index (χ0n) is 11.1. The summed E-state index contributed by atoms with van der Waals surface area (Å²) < 4.78 is 5.61. The SMILES string of the molecule is Cc1cccc(OCc2ccc(C/C(Cl)=N/O)cc2)n1. The first-order valence-corrected chi connectivity index (χ1v) is 6.56. The van der Waals surface area contributed by atoms with E-state index in [0.29, 0.717) is 18.9 Å². The van der Waals surface area contributed by atoms with E-state index in [2.05, 4.69) is 10.1 Å². The lowest BCUT2D eigenvalue weighted by Crippen LogP contribution is -1.99. The molecule has 4 nitrogen and oxygen atoms in total. The van der Waals surface area contributed by atoms with Gasteiger partial charge in [-0.3, -0.25) is 0 Å². The van der Waals surface area contributed by atoms with Gasteiger partial charge in [-0.2, -0.15) is 0 Å². The number of hydrogen-bond acceptors (Lipinski definition) is 4. The molecule has 0 radical (unpaired) electrons. The van der Waals surface area contributed by atoms with Gasteiger partial charge in [0, 0.05) is 18.2 Å². The third-order valence-corrected chi connectivity index (χ3v) is 2.94. The molecule has 5 heteroatoms. The Hall–Kier alpha value is -2.07. The van der Waals surface area contributed by atoms with Crippen LogP contribution in [0, 0.1) is 6.92 Å². The number of nitrogens with zero attached hydrogens (tertiary/aromatic N) is 2. The van der Waals surface area contributed by atoms with Gasteiger partial charge in [-0.15, -0.1) is 0 Å². The molecular weight excluding hydrogens is 276 g/mol. The average Bonchev–Trinajstić information content (AvgIpc) is 2.46. The van der Waals surface area contributed by atoms with Crippen LogP contribution >= 0.6 is 11.6 Å². The van der Waals surface area contributed by atoms with E-state index in [1.165, 1.54) is 0 Å². The first kappa shape index (κ1) is 14.3. The van der Waals surface area contributed by atoms with Gasteiger partial charge in [0.15, 0.2) is 0 Å². The van der Waals surface area contributed by atoms with Crippen molar-refractivity contribution in [3.8, 4) is 5.88 Å². The van der Waals surface area contributed by atoms with Gasteiger partial charge in [-0.05, 0) is 24.1 Å². The summed E-state index contributed by atoms with van der Waals surface area (Å²) in [6.07, 6.45) is 0.415. The molecule has 0 fully saturated rings. The van der Waals surface area contributed by atoms with Crippen LogP contribution in [-0.4, -0.2) is 15.4 Å². The second-order valence-corrected chi connectivity index (χ2v) is 4.81. The number of benzene rings is 1. The Morgan fingerprint density at radius 2 is 1.90 bits per heavy atom. The van der Waals surface area contributed by atoms with Crippen LogP contribution in [0.5, 0.6) is 5.88 Å². The monoisotopic (exact) mass is 290 g/mol. The van der Waals surface area contributed by atoms with E-state index >= 15 is 0 Å². The van der Waals surface area contributed by atoms with Crippen molar-refractivity contribution in [3.63, 3.8) is 0 Å². The average molecular weight is 291 g/mol. The van der Waals surface area contributed by atoms with Gasteiger partial charge in [0.25, 0.3) is 0 Å². The van der Waals surface area contributed by atoms with Gasteiger partial charge in [0.1, 0.15) is 11.8 Å². The molecule has 0 amide bonds. The first-order valence-electron chi connectivity index (χ1n) is 6.18. The van der Waals surface area contributed by atoms with Crippen LogP contribution in [0.2, 0.25) is 0 Å². The number of pyridine rings is 1. The lowest BCUT2D eigenvalue weighted by Gasteiger charge is -2.06. The fourth-order valence-electron chi connectivity index (χ4n) is 1.71. The van der Waals surface area contributed by atoms with Crippen LogP contribution in [0.25, 0.3) is 0 Å². The lowest BCUT2D eigenvalue weighted by molar-refractivity contribution is 0.293. The van der Waals surface area contributed by atoms with E-state index in [4.69, 9.17) is 21.5 Å². The van der Waals surface area contributed by atoms with Gasteiger partial charge in [0.05, 0.1) is 0 Å². The molecule has 1 heterocycles. The van der Waals surface area contributed by atoms with E-state index in [1.807, 2.05) is 49.4 Å². The van der Waals surface area contributed by atoms with Crippen molar-refractivity contribution in [3.05, 3.63) is 59.3 Å². The highest BCUT2D eigenvalue weighted by atomic mass is 35.5. The van der Waals surface area contributed by atoms with Crippen molar-refractivity contribution in [2.24, 2.45) is 5.16 Å². The minimum absolute atomic E-state index is 0.165. The van der Waals surface area contributed by atoms with Crippen molar-refractivity contribution in [2.75, 3.05) is 0 Å². The zero-order chi connectivity index (χ0) is 14.4. The summed E-state index contributed by atoms with van der Waals surface area (Å²) in [7, 11) is 0. The maximum Gasteiger partial charge on any atom is 0.213 e. The Labute approximate surface area is 122 Å². The fourth-order valence-corrected chi connectivity index (χ4v) is 1.87. The number of aromatic nitrogens is 1. The second-order valence-electron chi connectivity index (χ2n) is 4.38. The quantitative estimate of drug-likeness (QED) is 0.520. The summed E-state index contributed by atoms with van der Waals surface area (Å²) in [5, 5.41) is 11.6. The summed E-state index contributed by atoms with van der Waals surface area (Å²) in [6, 6.07) is 13.4. The molecule has 0 aliphatic rings. The van der Waals surface area contributed by atoms with Crippen molar-refractivity contribution in [1.29, 1.82) is 0 Å². The van der Waals surface area contributed by atoms with Crippen LogP contribution in [0.15, 0.2) is 47.6 Å². The third-order valence-electron chi connectivity index (χ3n) is 2.73. The number of halogens is 1. The van der Waals surface area contributed by atoms with E-state index in [0.717, 1.165) is 16.8 Å². The Kier molecular flexibility index (Phi) is 4.96. The molecule has 2 rings (SSSR count). The molecule has 1 aromatic carbocycles. The number of oxime groups is 1. The van der Waals surface area contributed by atoms with Gasteiger partial charge in [-0.25, -0.2) is 4.98 Å². The fraction of sp³-hybridized carbons (Fsp3) is 0.200. The standard InChI is InChI=1S/C15H15ClN2O2/c1-11-3-2-4-15(17-11)20-10-13-7-5-12(6-8-13)9-14(16)18-19/h2-8,19H,9-10H2,1H3/b18-14-. The third kappa shape index (κ3) is 4.24. The van der Waals surface area contributed by atoms with E-state index in [-0.39, 0.29) is 5.17 Å². The Morgan fingerprint density at radius 3 is 2.55 bits per heavy atom. The number of rotatable bonds is 5. The lowest BCUT2D eigenvalue weighted by atomic mass is 10.1. The molecule has 0 bridgehead atoms. The maximum absolute atomic E-state index is 8.51. The topological polar surface area (TPSA) is 54.7 Å². The van der Waals surface area contributed by atoms with E-state index in [1.54, 1.807) is 0 Å². The van der Waals surface area contributed by atoms with Crippen LogP contribution in [-0.2, 0) is 13.0 Å². The van der Waals surface area contributed by atoms with Crippen molar-refractivity contribution in [1.82, 2.24) is 4.98 Å². The molecule has 0 atom stereocenters. The Morgan fingerprint density at radius 1 is 1.20 bits per heavy atom. The molecule has 0 spiro atoms. The highest BCUT2D eigenvalue weighted by Gasteiger charge is 2.01. The predicted molar refractivity (Wildman–Crippen MR) is 78.5 cm³/mol. The highest BCUT2D eigenvalue weighted by molar-refractivity contribution is 6.65. The molecule has 0 unspecified atom stereocenters. The normalized spacial score (nSPS) is 11.4. The summed E-state index contributed by atoms with van der Waals surface area (Å²) in [5.41, 5.74) is 2.94. The van der Waals surface area contributed by atoms with Crippen LogP contribution < -0.4 is 4.74 Å². The molecular formula is C15H15ClN2O2. The number of hydrogen-bond donors (Lipinski definition) is 1. The van der Waals surface area contributed by atoms with Gasteiger partial charge < -0.3 is 9.94 Å². The molecule has 0 aliphatic carbocycles. The van der Waals surface area contributed by atoms with Gasteiger partial charge in [0.2, 0.25) is 5.88 Å². The summed E-state index contributed by atoms with van der Waals surface area (Å²) in [4.78, 5) is 4.27. The van der Waals surface area contributed by atoms with E-state index < -0.39 is 0 Å². The summed E-state index contributed by atoms with van der Waals surface area (Å²) in [5.74, 6) is 0.615.